The molecule has 0 aromatic carbocycles. The monoisotopic (exact) mass is 392 g/mol. The van der Waals surface area contributed by atoms with Crippen LogP contribution in [0.4, 0.5) is 0 Å². The van der Waals surface area contributed by atoms with Crippen LogP contribution in [0.5, 0.6) is 0 Å². The minimum absolute atomic E-state index is 0.0284. The van der Waals surface area contributed by atoms with E-state index in [-0.39, 0.29) is 47.3 Å². The van der Waals surface area contributed by atoms with E-state index in [9.17, 15) is 19.5 Å². The molecular formula is C22H32O6. The maximum absolute atomic E-state index is 13.3. The van der Waals surface area contributed by atoms with Gasteiger partial charge in [-0.25, -0.2) is 4.79 Å². The fourth-order valence-electron chi connectivity index (χ4n) is 6.53. The molecule has 0 saturated heterocycles. The fourth-order valence-corrected chi connectivity index (χ4v) is 6.53. The van der Waals surface area contributed by atoms with Gasteiger partial charge in [-0.15, -0.1) is 0 Å². The molecule has 6 heteroatoms. The van der Waals surface area contributed by atoms with Crippen LogP contribution < -0.4 is 0 Å². The molecule has 3 saturated carbocycles. The highest BCUT2D eigenvalue weighted by Gasteiger charge is 2.65. The van der Waals surface area contributed by atoms with Gasteiger partial charge in [0.25, 0.3) is 0 Å². The van der Waals surface area contributed by atoms with Gasteiger partial charge < -0.3 is 14.6 Å². The van der Waals surface area contributed by atoms with Crippen molar-refractivity contribution in [2.45, 2.75) is 59.0 Å². The minimum atomic E-state index is -1.08. The molecule has 28 heavy (non-hydrogen) atoms. The Hall–Kier alpha value is -1.69. The van der Waals surface area contributed by atoms with E-state index in [1.165, 1.54) is 20.3 Å². The van der Waals surface area contributed by atoms with Crippen molar-refractivity contribution in [1.82, 2.24) is 0 Å². The third kappa shape index (κ3) is 2.92. The van der Waals surface area contributed by atoms with Gasteiger partial charge in [-0.05, 0) is 55.8 Å². The number of carbonyl (C=O) groups excluding carboxylic acids is 3. The highest BCUT2D eigenvalue weighted by molar-refractivity contribution is 5.87. The van der Waals surface area contributed by atoms with Gasteiger partial charge in [-0.2, -0.15) is 0 Å². The first-order valence-corrected chi connectivity index (χ1v) is 10.2. The summed E-state index contributed by atoms with van der Waals surface area (Å²) in [6, 6.07) is 0. The summed E-state index contributed by atoms with van der Waals surface area (Å²) in [5.41, 5.74) is -0.338. The second kappa shape index (κ2) is 7.29. The predicted octanol–water partition coefficient (Wildman–Crippen LogP) is 2.68. The molecule has 3 rings (SSSR count). The Morgan fingerprint density at radius 2 is 1.86 bits per heavy atom. The molecule has 0 aromatic rings. The molecule has 0 heterocycles. The van der Waals surface area contributed by atoms with Crippen molar-refractivity contribution in [2.75, 3.05) is 14.2 Å². The Bertz CT molecular complexity index is 712. The molecule has 0 aliphatic heterocycles. The Morgan fingerprint density at radius 3 is 2.46 bits per heavy atom. The molecule has 0 radical (unpaired) electrons. The van der Waals surface area contributed by atoms with Crippen LogP contribution >= 0.6 is 0 Å². The van der Waals surface area contributed by atoms with Crippen molar-refractivity contribution < 1.29 is 29.0 Å². The lowest BCUT2D eigenvalue weighted by Crippen LogP contribution is -2.63. The second-order valence-electron chi connectivity index (χ2n) is 9.26. The highest BCUT2D eigenvalue weighted by atomic mass is 16.5. The summed E-state index contributed by atoms with van der Waals surface area (Å²) >= 11 is 0. The molecule has 0 amide bonds. The van der Waals surface area contributed by atoms with Gasteiger partial charge in [0.1, 0.15) is 5.78 Å². The van der Waals surface area contributed by atoms with Crippen LogP contribution in [-0.2, 0) is 23.9 Å². The Labute approximate surface area is 166 Å². The van der Waals surface area contributed by atoms with E-state index in [0.29, 0.717) is 6.42 Å². The van der Waals surface area contributed by atoms with Crippen LogP contribution in [0.2, 0.25) is 0 Å². The molecule has 0 bridgehead atoms. The van der Waals surface area contributed by atoms with Crippen LogP contribution in [-0.4, -0.2) is 43.2 Å². The molecule has 3 aliphatic rings. The molecule has 6 nitrogen and oxygen atoms in total. The number of aliphatic hydroxyl groups is 1. The normalized spacial score (nSPS) is 44.4. The average molecular weight is 392 g/mol. The standard InChI is InChI=1S/C22H32O6/c1-12-13(10-18(25)27-4)6-7-14-19(12)15(23)11-16-21(14,2)9-8-17(24)22(16,3)20(26)28-5/h10,12,14,16-17,19,24H,6-9,11H2,1-5H3/b13-10-/t12-,14+,16+,17-,19+,21+,22-/m0/s1. The van der Waals surface area contributed by atoms with E-state index in [2.05, 4.69) is 6.92 Å². The van der Waals surface area contributed by atoms with Crippen LogP contribution in [0.25, 0.3) is 0 Å². The summed E-state index contributed by atoms with van der Waals surface area (Å²) in [4.78, 5) is 37.7. The van der Waals surface area contributed by atoms with Crippen molar-refractivity contribution in [3.8, 4) is 0 Å². The van der Waals surface area contributed by atoms with Gasteiger partial charge in [0.2, 0.25) is 0 Å². The molecule has 156 valence electrons. The number of ketones is 1. The molecule has 0 spiro atoms. The lowest BCUT2D eigenvalue weighted by atomic mass is 9.42. The fraction of sp³-hybridized carbons (Fsp3) is 0.773. The molecule has 1 N–H and O–H groups in total. The molecule has 3 fully saturated rings. The zero-order valence-corrected chi connectivity index (χ0v) is 17.5. The first-order valence-electron chi connectivity index (χ1n) is 10.2. The number of esters is 2. The average Bonchev–Trinajstić information content (AvgIpc) is 2.68. The number of carbonyl (C=O) groups is 3. The lowest BCUT2D eigenvalue weighted by molar-refractivity contribution is -0.197. The first-order chi connectivity index (χ1) is 13.1. The summed E-state index contributed by atoms with van der Waals surface area (Å²) in [6.45, 7) is 5.95. The van der Waals surface area contributed by atoms with Gasteiger partial charge in [-0.1, -0.05) is 19.4 Å². The zero-order chi connectivity index (χ0) is 20.9. The molecular weight excluding hydrogens is 360 g/mol. The van der Waals surface area contributed by atoms with Gasteiger partial charge in [-0.3, -0.25) is 9.59 Å². The molecule has 0 unspecified atom stereocenters. The quantitative estimate of drug-likeness (QED) is 0.574. The SMILES string of the molecule is COC(=O)/C=C1/CC[C@@H]2[C@H](C(=O)C[C@@H]3[C@]2(C)CC[C@H](O)[C@@]3(C)C(=O)OC)[C@H]1C. The molecule has 0 aromatic heterocycles. The number of fused-ring (bicyclic) bond motifs is 3. The first kappa shape index (κ1) is 21.0. The van der Waals surface area contributed by atoms with Crippen LogP contribution in [0.1, 0.15) is 52.9 Å². The van der Waals surface area contributed by atoms with Crippen molar-refractivity contribution in [3.05, 3.63) is 11.6 Å². The van der Waals surface area contributed by atoms with E-state index in [1.54, 1.807) is 6.92 Å². The van der Waals surface area contributed by atoms with E-state index in [1.807, 2.05) is 6.92 Å². The van der Waals surface area contributed by atoms with Crippen molar-refractivity contribution in [2.24, 2.45) is 34.5 Å². The van der Waals surface area contributed by atoms with E-state index in [0.717, 1.165) is 24.8 Å². The largest absolute Gasteiger partial charge is 0.469 e. The van der Waals surface area contributed by atoms with Crippen LogP contribution in [0.15, 0.2) is 11.6 Å². The van der Waals surface area contributed by atoms with Crippen molar-refractivity contribution in [3.63, 3.8) is 0 Å². The topological polar surface area (TPSA) is 89.9 Å². The number of ether oxygens (including phenoxy) is 2. The number of hydrogen-bond donors (Lipinski definition) is 1. The van der Waals surface area contributed by atoms with Gasteiger partial charge >= 0.3 is 11.9 Å². The highest BCUT2D eigenvalue weighted by Crippen LogP contribution is 2.64. The Balaban J connectivity index is 1.99. The van der Waals surface area contributed by atoms with E-state index in [4.69, 9.17) is 9.47 Å². The van der Waals surface area contributed by atoms with Gasteiger partial charge in [0.15, 0.2) is 0 Å². The van der Waals surface area contributed by atoms with Gasteiger partial charge in [0, 0.05) is 18.4 Å². The maximum atomic E-state index is 13.3. The number of aliphatic hydroxyl groups excluding tert-OH is 1. The van der Waals surface area contributed by atoms with Crippen molar-refractivity contribution in [1.29, 1.82) is 0 Å². The van der Waals surface area contributed by atoms with Crippen molar-refractivity contribution >= 4 is 17.7 Å². The Kier molecular flexibility index (Phi) is 5.47. The van der Waals surface area contributed by atoms with Crippen LogP contribution in [0, 0.1) is 34.5 Å². The lowest BCUT2D eigenvalue weighted by Gasteiger charge is -2.61. The van der Waals surface area contributed by atoms with Crippen LogP contribution in [0.3, 0.4) is 0 Å². The van der Waals surface area contributed by atoms with E-state index >= 15 is 0 Å². The number of hydrogen-bond acceptors (Lipinski definition) is 6. The summed E-state index contributed by atoms with van der Waals surface area (Å²) in [5, 5.41) is 10.7. The second-order valence-corrected chi connectivity index (χ2v) is 9.26. The summed E-state index contributed by atoms with van der Waals surface area (Å²) in [5.74, 6) is -1.01. The Morgan fingerprint density at radius 1 is 1.18 bits per heavy atom. The number of Topliss-reactive ketones (excluding diaryl/α,β-unsaturated/α-hetero) is 1. The molecule has 7 atom stereocenters. The summed E-state index contributed by atoms with van der Waals surface area (Å²) < 4.78 is 9.82. The smallest absolute Gasteiger partial charge is 0.330 e. The van der Waals surface area contributed by atoms with E-state index < -0.39 is 17.5 Å². The third-order valence-electron chi connectivity index (χ3n) is 8.22. The zero-order valence-electron chi connectivity index (χ0n) is 17.5. The third-order valence-corrected chi connectivity index (χ3v) is 8.22. The predicted molar refractivity (Wildman–Crippen MR) is 102 cm³/mol. The number of methoxy groups -OCH3 is 2. The minimum Gasteiger partial charge on any atom is -0.469 e. The maximum Gasteiger partial charge on any atom is 0.330 e. The summed E-state index contributed by atoms with van der Waals surface area (Å²) in [7, 11) is 2.69. The number of allylic oxidation sites excluding steroid dienone is 1. The molecule has 3 aliphatic carbocycles. The summed E-state index contributed by atoms with van der Waals surface area (Å²) in [6.07, 6.45) is 3.83. The van der Waals surface area contributed by atoms with Gasteiger partial charge in [0.05, 0.1) is 25.7 Å². The number of rotatable bonds is 2.